The zero-order valence-electron chi connectivity index (χ0n) is 10.4. The van der Waals surface area contributed by atoms with E-state index in [9.17, 15) is 13.2 Å². The van der Waals surface area contributed by atoms with Crippen LogP contribution in [0.4, 0.5) is 13.2 Å². The fraction of sp³-hybridized carbons (Fsp3) is 0.308. The Kier molecular flexibility index (Phi) is 3.58. The smallest absolute Gasteiger partial charge is 0.228 e. The van der Waals surface area contributed by atoms with E-state index >= 15 is 0 Å². The third-order valence-electron chi connectivity index (χ3n) is 2.85. The summed E-state index contributed by atoms with van der Waals surface area (Å²) in [6.45, 7) is 3.57. The van der Waals surface area contributed by atoms with Crippen molar-refractivity contribution in [2.24, 2.45) is 0 Å². The highest BCUT2D eigenvalue weighted by Crippen LogP contribution is 2.34. The molecule has 0 saturated heterocycles. The minimum atomic E-state index is -4.49. The zero-order valence-corrected chi connectivity index (χ0v) is 11.2. The van der Waals surface area contributed by atoms with Gasteiger partial charge in [-0.3, -0.25) is 0 Å². The fourth-order valence-corrected chi connectivity index (χ4v) is 2.11. The Balaban J connectivity index is 2.69. The quantitative estimate of drug-likeness (QED) is 0.756. The lowest BCUT2D eigenvalue weighted by molar-refractivity contribution is -0.143. The second-order valence-electron chi connectivity index (χ2n) is 4.35. The standard InChI is InChI=1S/C13H12ClF3N2/c1-8-3-4-9(2)11(5-8)19-12(13(15,16)17)10(6-14)7-18-19/h3-5,7H,6H2,1-2H3. The monoisotopic (exact) mass is 288 g/mol. The highest BCUT2D eigenvalue weighted by molar-refractivity contribution is 6.17. The first-order valence-corrected chi connectivity index (χ1v) is 6.15. The van der Waals surface area contributed by atoms with Crippen molar-refractivity contribution in [3.63, 3.8) is 0 Å². The molecule has 0 N–H and O–H groups in total. The van der Waals surface area contributed by atoms with Crippen LogP contribution in [-0.4, -0.2) is 9.78 Å². The number of hydrogen-bond donors (Lipinski definition) is 0. The summed E-state index contributed by atoms with van der Waals surface area (Å²) in [5.74, 6) is -0.223. The fourth-order valence-electron chi connectivity index (χ4n) is 1.91. The van der Waals surface area contributed by atoms with Gasteiger partial charge in [-0.2, -0.15) is 18.3 Å². The molecule has 0 spiro atoms. The molecule has 0 radical (unpaired) electrons. The van der Waals surface area contributed by atoms with E-state index < -0.39 is 11.9 Å². The molecule has 2 nitrogen and oxygen atoms in total. The number of alkyl halides is 4. The van der Waals surface area contributed by atoms with Gasteiger partial charge in [0.1, 0.15) is 0 Å². The first-order chi connectivity index (χ1) is 8.84. The third kappa shape index (κ3) is 2.61. The Bertz CT molecular complexity index is 602. The summed E-state index contributed by atoms with van der Waals surface area (Å²) >= 11 is 5.56. The largest absolute Gasteiger partial charge is 0.433 e. The van der Waals surface area contributed by atoms with Gasteiger partial charge in [0.25, 0.3) is 0 Å². The maximum Gasteiger partial charge on any atom is 0.433 e. The number of aryl methyl sites for hydroxylation is 2. The van der Waals surface area contributed by atoms with Crippen molar-refractivity contribution in [3.8, 4) is 5.69 Å². The van der Waals surface area contributed by atoms with Crippen LogP contribution in [0.3, 0.4) is 0 Å². The number of hydrogen-bond acceptors (Lipinski definition) is 1. The number of halogens is 4. The van der Waals surface area contributed by atoms with E-state index in [0.717, 1.165) is 22.0 Å². The molecule has 6 heteroatoms. The third-order valence-corrected chi connectivity index (χ3v) is 3.14. The summed E-state index contributed by atoms with van der Waals surface area (Å²) < 4.78 is 40.3. The Labute approximate surface area is 113 Å². The van der Waals surface area contributed by atoms with Crippen molar-refractivity contribution in [1.82, 2.24) is 9.78 Å². The number of rotatable bonds is 2. The molecule has 0 atom stereocenters. The van der Waals surface area contributed by atoms with Crippen LogP contribution < -0.4 is 0 Å². The zero-order chi connectivity index (χ0) is 14.2. The maximum absolute atomic E-state index is 13.1. The van der Waals surface area contributed by atoms with Crippen LogP contribution in [-0.2, 0) is 12.1 Å². The van der Waals surface area contributed by atoms with Gasteiger partial charge in [0, 0.05) is 5.56 Å². The van der Waals surface area contributed by atoms with E-state index in [2.05, 4.69) is 5.10 Å². The van der Waals surface area contributed by atoms with Gasteiger partial charge in [0.05, 0.1) is 17.8 Å². The van der Waals surface area contributed by atoms with Gasteiger partial charge in [-0.25, -0.2) is 4.68 Å². The molecule has 2 rings (SSSR count). The van der Waals surface area contributed by atoms with Gasteiger partial charge in [0.2, 0.25) is 0 Å². The van der Waals surface area contributed by atoms with Gasteiger partial charge >= 0.3 is 6.18 Å². The minimum Gasteiger partial charge on any atom is -0.228 e. The van der Waals surface area contributed by atoms with Crippen LogP contribution in [0.15, 0.2) is 24.4 Å². The molecule has 0 amide bonds. The van der Waals surface area contributed by atoms with Crippen molar-refractivity contribution in [1.29, 1.82) is 0 Å². The summed E-state index contributed by atoms with van der Waals surface area (Å²) in [6, 6.07) is 5.29. The lowest BCUT2D eigenvalue weighted by Gasteiger charge is -2.14. The lowest BCUT2D eigenvalue weighted by Crippen LogP contribution is -2.16. The average molecular weight is 289 g/mol. The van der Waals surface area contributed by atoms with Crippen molar-refractivity contribution >= 4 is 11.6 Å². The Morgan fingerprint density at radius 3 is 2.53 bits per heavy atom. The topological polar surface area (TPSA) is 17.8 Å². The normalized spacial score (nSPS) is 11.9. The molecule has 1 heterocycles. The molecule has 102 valence electrons. The SMILES string of the molecule is Cc1ccc(C)c(-n2ncc(CCl)c2C(F)(F)F)c1. The average Bonchev–Trinajstić information content (AvgIpc) is 2.75. The van der Waals surface area contributed by atoms with Gasteiger partial charge in [-0.05, 0) is 31.0 Å². The van der Waals surface area contributed by atoms with E-state index in [4.69, 9.17) is 11.6 Å². The van der Waals surface area contributed by atoms with Gasteiger partial charge in [-0.15, -0.1) is 11.6 Å². The molecule has 0 saturated carbocycles. The second kappa shape index (κ2) is 4.89. The van der Waals surface area contributed by atoms with Gasteiger partial charge < -0.3 is 0 Å². The summed E-state index contributed by atoms with van der Waals surface area (Å²) in [5.41, 5.74) is 1.19. The van der Waals surface area contributed by atoms with Crippen LogP contribution in [0.5, 0.6) is 0 Å². The molecular formula is C13H12ClF3N2. The summed E-state index contributed by atoms with van der Waals surface area (Å²) in [4.78, 5) is 0. The number of aromatic nitrogens is 2. The second-order valence-corrected chi connectivity index (χ2v) is 4.62. The highest BCUT2D eigenvalue weighted by atomic mass is 35.5. The molecule has 2 aromatic rings. The number of nitrogens with zero attached hydrogens (tertiary/aromatic N) is 2. The van der Waals surface area contributed by atoms with E-state index in [1.807, 2.05) is 13.0 Å². The van der Waals surface area contributed by atoms with E-state index in [1.54, 1.807) is 19.1 Å². The molecule has 0 fully saturated rings. The molecule has 0 unspecified atom stereocenters. The van der Waals surface area contributed by atoms with Crippen LogP contribution in [0, 0.1) is 13.8 Å². The maximum atomic E-state index is 13.1. The first kappa shape index (κ1) is 13.9. The predicted molar refractivity (Wildman–Crippen MR) is 67.6 cm³/mol. The molecule has 0 aliphatic rings. The lowest BCUT2D eigenvalue weighted by atomic mass is 10.1. The van der Waals surface area contributed by atoms with Crippen LogP contribution in [0.1, 0.15) is 22.4 Å². The molecule has 0 aliphatic heterocycles. The Morgan fingerprint density at radius 1 is 1.26 bits per heavy atom. The predicted octanol–water partition coefficient (Wildman–Crippen LogP) is 4.25. The summed E-state index contributed by atoms with van der Waals surface area (Å²) in [5, 5.41) is 3.84. The Morgan fingerprint density at radius 2 is 1.95 bits per heavy atom. The summed E-state index contributed by atoms with van der Waals surface area (Å²) in [6.07, 6.45) is -3.32. The van der Waals surface area contributed by atoms with Crippen LogP contribution in [0.25, 0.3) is 5.69 Å². The molecule has 0 bridgehead atoms. The molecule has 0 aliphatic carbocycles. The molecule has 1 aromatic carbocycles. The van der Waals surface area contributed by atoms with Crippen LogP contribution in [0.2, 0.25) is 0 Å². The molecule has 19 heavy (non-hydrogen) atoms. The van der Waals surface area contributed by atoms with Gasteiger partial charge in [0.15, 0.2) is 5.69 Å². The summed E-state index contributed by atoms with van der Waals surface area (Å²) in [7, 11) is 0. The highest BCUT2D eigenvalue weighted by Gasteiger charge is 2.38. The van der Waals surface area contributed by atoms with Gasteiger partial charge in [-0.1, -0.05) is 12.1 Å². The van der Waals surface area contributed by atoms with E-state index in [1.165, 1.54) is 0 Å². The van der Waals surface area contributed by atoms with Crippen molar-refractivity contribution in [2.45, 2.75) is 25.9 Å². The van der Waals surface area contributed by atoms with E-state index in [0.29, 0.717) is 5.69 Å². The Hall–Kier alpha value is -1.49. The van der Waals surface area contributed by atoms with Crippen LogP contribution >= 0.6 is 11.6 Å². The van der Waals surface area contributed by atoms with Crippen molar-refractivity contribution < 1.29 is 13.2 Å². The number of benzene rings is 1. The van der Waals surface area contributed by atoms with E-state index in [-0.39, 0.29) is 11.4 Å². The first-order valence-electron chi connectivity index (χ1n) is 5.62. The molecular weight excluding hydrogens is 277 g/mol. The van der Waals surface area contributed by atoms with Crippen molar-refractivity contribution in [2.75, 3.05) is 0 Å². The van der Waals surface area contributed by atoms with Crippen molar-refractivity contribution in [3.05, 3.63) is 46.8 Å². The minimum absolute atomic E-state index is 0.0185. The molecule has 1 aromatic heterocycles.